The van der Waals surface area contributed by atoms with E-state index in [0.717, 1.165) is 17.9 Å². The predicted molar refractivity (Wildman–Crippen MR) is 74.9 cm³/mol. The molecule has 0 heterocycles. The molecule has 4 heteroatoms. The van der Waals surface area contributed by atoms with Crippen LogP contribution in [0.2, 0.25) is 0 Å². The summed E-state index contributed by atoms with van der Waals surface area (Å²) in [6.07, 6.45) is 0.654. The molecule has 3 nitrogen and oxygen atoms in total. The van der Waals surface area contributed by atoms with Crippen molar-refractivity contribution in [1.82, 2.24) is 0 Å². The molecule has 0 saturated carbocycles. The number of hydrogen-bond donors (Lipinski definition) is 1. The first kappa shape index (κ1) is 14.9. The summed E-state index contributed by atoms with van der Waals surface area (Å²) in [6.45, 7) is 4.46. The van der Waals surface area contributed by atoms with Crippen LogP contribution in [-0.2, 0) is 0 Å². The average molecular weight is 265 g/mol. The van der Waals surface area contributed by atoms with Crippen molar-refractivity contribution in [3.8, 4) is 11.8 Å². The van der Waals surface area contributed by atoms with Gasteiger partial charge in [-0.2, -0.15) is 17.0 Å². The van der Waals surface area contributed by atoms with Crippen LogP contribution in [0.5, 0.6) is 5.75 Å². The van der Waals surface area contributed by atoms with Crippen molar-refractivity contribution in [3.63, 3.8) is 0 Å². The largest absolute Gasteiger partial charge is 0.494 e. The summed E-state index contributed by atoms with van der Waals surface area (Å²) in [5, 5.41) is 18.3. The fourth-order valence-electron chi connectivity index (χ4n) is 1.31. The Bertz CT molecular complexity index is 401. The van der Waals surface area contributed by atoms with Crippen LogP contribution in [0.15, 0.2) is 24.3 Å². The monoisotopic (exact) mass is 265 g/mol. The molecule has 0 bridgehead atoms. The van der Waals surface area contributed by atoms with Gasteiger partial charge < -0.3 is 9.84 Å². The highest BCUT2D eigenvalue weighted by molar-refractivity contribution is 7.99. The Kier molecular flexibility index (Phi) is 6.63. The number of nitriles is 1. The van der Waals surface area contributed by atoms with Crippen molar-refractivity contribution in [2.24, 2.45) is 0 Å². The highest BCUT2D eigenvalue weighted by Crippen LogP contribution is 2.16. The van der Waals surface area contributed by atoms with E-state index in [1.165, 1.54) is 0 Å². The molecule has 0 aliphatic heterocycles. The molecule has 98 valence electrons. The fourth-order valence-corrected chi connectivity index (χ4v) is 2.25. The summed E-state index contributed by atoms with van der Waals surface area (Å²) in [6, 6.07) is 9.25. The molecule has 1 aromatic carbocycles. The number of rotatable bonds is 7. The minimum Gasteiger partial charge on any atom is -0.494 e. The summed E-state index contributed by atoms with van der Waals surface area (Å²) < 4.78 is 5.56. The van der Waals surface area contributed by atoms with Crippen LogP contribution in [-0.4, -0.2) is 28.8 Å². The predicted octanol–water partition coefficient (Wildman–Crippen LogP) is 2.83. The number of ether oxygens (including phenoxy) is 1. The quantitative estimate of drug-likeness (QED) is 0.770. The summed E-state index contributed by atoms with van der Waals surface area (Å²) in [5.41, 5.74) is 0.615. The maximum atomic E-state index is 9.33. The fraction of sp³-hybridized carbons (Fsp3) is 0.500. The van der Waals surface area contributed by atoms with Crippen LogP contribution in [0.3, 0.4) is 0 Å². The zero-order chi connectivity index (χ0) is 13.4. The van der Waals surface area contributed by atoms with Crippen molar-refractivity contribution in [2.45, 2.75) is 31.6 Å². The SMILES string of the molecule is CC(O)C(C)SCCCOc1cccc(C#N)c1. The van der Waals surface area contributed by atoms with Crippen LogP contribution in [0, 0.1) is 11.3 Å². The molecule has 2 atom stereocenters. The van der Waals surface area contributed by atoms with E-state index in [1.54, 1.807) is 23.9 Å². The Morgan fingerprint density at radius 1 is 1.44 bits per heavy atom. The van der Waals surface area contributed by atoms with E-state index in [9.17, 15) is 5.11 Å². The lowest BCUT2D eigenvalue weighted by Gasteiger charge is -2.13. The lowest BCUT2D eigenvalue weighted by atomic mass is 10.2. The van der Waals surface area contributed by atoms with Gasteiger partial charge in [-0.05, 0) is 37.3 Å². The highest BCUT2D eigenvalue weighted by Gasteiger charge is 2.08. The zero-order valence-electron chi connectivity index (χ0n) is 10.8. The number of aliphatic hydroxyl groups excluding tert-OH is 1. The first-order valence-electron chi connectivity index (χ1n) is 6.06. The first-order chi connectivity index (χ1) is 8.63. The topological polar surface area (TPSA) is 53.2 Å². The van der Waals surface area contributed by atoms with Crippen LogP contribution in [0.1, 0.15) is 25.8 Å². The molecule has 2 unspecified atom stereocenters. The lowest BCUT2D eigenvalue weighted by Crippen LogP contribution is -2.16. The molecule has 0 aromatic heterocycles. The number of thioether (sulfide) groups is 1. The molecule has 0 aliphatic rings. The summed E-state index contributed by atoms with van der Waals surface area (Å²) >= 11 is 1.74. The van der Waals surface area contributed by atoms with Crippen molar-refractivity contribution in [1.29, 1.82) is 5.26 Å². The van der Waals surface area contributed by atoms with Crippen molar-refractivity contribution in [2.75, 3.05) is 12.4 Å². The Balaban J connectivity index is 2.20. The maximum absolute atomic E-state index is 9.33. The third kappa shape index (κ3) is 5.44. The Morgan fingerprint density at radius 2 is 2.22 bits per heavy atom. The Labute approximate surface area is 113 Å². The number of nitrogens with zero attached hydrogens (tertiary/aromatic N) is 1. The number of benzene rings is 1. The van der Waals surface area contributed by atoms with Crippen LogP contribution in [0.4, 0.5) is 0 Å². The second-order valence-electron chi connectivity index (χ2n) is 4.16. The van der Waals surface area contributed by atoms with Crippen molar-refractivity contribution < 1.29 is 9.84 Å². The van der Waals surface area contributed by atoms with Crippen LogP contribution >= 0.6 is 11.8 Å². The molecule has 18 heavy (non-hydrogen) atoms. The third-order valence-electron chi connectivity index (χ3n) is 2.58. The van der Waals surface area contributed by atoms with Gasteiger partial charge in [-0.25, -0.2) is 0 Å². The number of hydrogen-bond acceptors (Lipinski definition) is 4. The van der Waals surface area contributed by atoms with Gasteiger partial charge in [0.2, 0.25) is 0 Å². The van der Waals surface area contributed by atoms with E-state index in [-0.39, 0.29) is 11.4 Å². The van der Waals surface area contributed by atoms with Gasteiger partial charge in [-0.15, -0.1) is 0 Å². The smallest absolute Gasteiger partial charge is 0.120 e. The van der Waals surface area contributed by atoms with Crippen LogP contribution < -0.4 is 4.74 Å². The second-order valence-corrected chi connectivity index (χ2v) is 5.64. The van der Waals surface area contributed by atoms with Gasteiger partial charge in [0.25, 0.3) is 0 Å². The van der Waals surface area contributed by atoms with E-state index in [1.807, 2.05) is 26.0 Å². The Morgan fingerprint density at radius 3 is 2.89 bits per heavy atom. The molecule has 0 amide bonds. The molecule has 0 spiro atoms. The van der Waals surface area contributed by atoms with Gasteiger partial charge in [-0.3, -0.25) is 0 Å². The van der Waals surface area contributed by atoms with E-state index in [0.29, 0.717) is 12.2 Å². The molecule has 1 N–H and O–H groups in total. The molecular weight excluding hydrogens is 246 g/mol. The lowest BCUT2D eigenvalue weighted by molar-refractivity contribution is 0.196. The van der Waals surface area contributed by atoms with Gasteiger partial charge >= 0.3 is 0 Å². The second kappa shape index (κ2) is 8.02. The van der Waals surface area contributed by atoms with Crippen molar-refractivity contribution in [3.05, 3.63) is 29.8 Å². The normalized spacial score (nSPS) is 13.7. The van der Waals surface area contributed by atoms with E-state index >= 15 is 0 Å². The highest BCUT2D eigenvalue weighted by atomic mass is 32.2. The third-order valence-corrected chi connectivity index (χ3v) is 4.02. The maximum Gasteiger partial charge on any atom is 0.120 e. The molecular formula is C14H19NO2S. The van der Waals surface area contributed by atoms with Gasteiger partial charge in [0.15, 0.2) is 0 Å². The number of aliphatic hydroxyl groups is 1. The molecule has 1 rings (SSSR count). The molecule has 0 saturated heterocycles. The standard InChI is InChI=1S/C14H19NO2S/c1-11(16)12(2)18-8-4-7-17-14-6-3-5-13(9-14)10-15/h3,5-6,9,11-12,16H,4,7-8H2,1-2H3. The molecule has 0 aliphatic carbocycles. The van der Waals surface area contributed by atoms with Gasteiger partial charge in [0, 0.05) is 5.25 Å². The van der Waals surface area contributed by atoms with Crippen LogP contribution in [0.25, 0.3) is 0 Å². The first-order valence-corrected chi connectivity index (χ1v) is 7.11. The Hall–Kier alpha value is -1.18. The molecule has 1 aromatic rings. The average Bonchev–Trinajstić information content (AvgIpc) is 2.38. The summed E-state index contributed by atoms with van der Waals surface area (Å²) in [7, 11) is 0. The van der Waals surface area contributed by atoms with Crippen molar-refractivity contribution >= 4 is 11.8 Å². The molecule has 0 radical (unpaired) electrons. The van der Waals surface area contributed by atoms with Gasteiger partial charge in [0.1, 0.15) is 5.75 Å². The van der Waals surface area contributed by atoms with E-state index in [4.69, 9.17) is 10.00 Å². The van der Waals surface area contributed by atoms with E-state index in [2.05, 4.69) is 6.07 Å². The minimum absolute atomic E-state index is 0.256. The van der Waals surface area contributed by atoms with E-state index < -0.39 is 0 Å². The summed E-state index contributed by atoms with van der Waals surface area (Å²) in [4.78, 5) is 0. The van der Waals surface area contributed by atoms with Gasteiger partial charge in [-0.1, -0.05) is 13.0 Å². The van der Waals surface area contributed by atoms with Gasteiger partial charge in [0.05, 0.1) is 24.3 Å². The molecule has 0 fully saturated rings. The summed E-state index contributed by atoms with van der Waals surface area (Å²) in [5.74, 6) is 1.70. The zero-order valence-corrected chi connectivity index (χ0v) is 11.6. The minimum atomic E-state index is -0.275.